The maximum atomic E-state index is 11.2. The van der Waals surface area contributed by atoms with E-state index in [0.717, 1.165) is 12.8 Å². The van der Waals surface area contributed by atoms with E-state index >= 15 is 0 Å². The maximum absolute atomic E-state index is 11.2. The highest BCUT2D eigenvalue weighted by Crippen LogP contribution is 2.66. The van der Waals surface area contributed by atoms with Gasteiger partial charge in [-0.05, 0) is 51.3 Å². The summed E-state index contributed by atoms with van der Waals surface area (Å²) in [7, 11) is 0. The molecule has 0 spiro atoms. The van der Waals surface area contributed by atoms with E-state index in [1.165, 1.54) is 13.3 Å². The van der Waals surface area contributed by atoms with Crippen LogP contribution in [-0.4, -0.2) is 22.8 Å². The summed E-state index contributed by atoms with van der Waals surface area (Å²) in [6.07, 6.45) is 9.08. The van der Waals surface area contributed by atoms with Gasteiger partial charge in [-0.15, -0.1) is 0 Å². The fraction of sp³-hybridized carbons (Fsp3) is 0.706. The predicted molar refractivity (Wildman–Crippen MR) is 79.4 cm³/mol. The average molecular weight is 278 g/mol. The van der Waals surface area contributed by atoms with Crippen LogP contribution in [0.3, 0.4) is 0 Å². The molecule has 0 aromatic rings. The van der Waals surface area contributed by atoms with Crippen LogP contribution in [0.1, 0.15) is 53.9 Å². The van der Waals surface area contributed by atoms with Crippen LogP contribution in [0.15, 0.2) is 24.8 Å². The fourth-order valence-corrected chi connectivity index (χ4v) is 3.65. The second-order valence-electron chi connectivity index (χ2n) is 7.12. The molecule has 1 saturated carbocycles. The number of rotatable bonds is 4. The van der Waals surface area contributed by atoms with Gasteiger partial charge in [-0.1, -0.05) is 20.4 Å². The molecule has 3 heteroatoms. The molecule has 3 atom stereocenters. The molecule has 0 radical (unpaired) electrons. The van der Waals surface area contributed by atoms with Crippen molar-refractivity contribution in [3.8, 4) is 0 Å². The SMILES string of the molecule is C=C[C@@](C)(/C=C\[C@@]12O[C@]1(C)CCCC2(C)C)OC(C)=O. The van der Waals surface area contributed by atoms with Crippen LogP contribution in [0.2, 0.25) is 0 Å². The molecule has 0 bridgehead atoms. The first-order chi connectivity index (χ1) is 9.10. The zero-order chi connectivity index (χ0) is 15.2. The maximum Gasteiger partial charge on any atom is 0.303 e. The van der Waals surface area contributed by atoms with E-state index in [4.69, 9.17) is 9.47 Å². The van der Waals surface area contributed by atoms with Gasteiger partial charge in [-0.25, -0.2) is 0 Å². The van der Waals surface area contributed by atoms with Crippen LogP contribution in [0, 0.1) is 5.41 Å². The summed E-state index contributed by atoms with van der Waals surface area (Å²) >= 11 is 0. The normalized spacial score (nSPS) is 37.9. The molecule has 0 aromatic heterocycles. The lowest BCUT2D eigenvalue weighted by Gasteiger charge is -2.37. The van der Waals surface area contributed by atoms with E-state index in [1.54, 1.807) is 6.08 Å². The standard InChI is InChI=1S/C17H26O3/c1-7-15(5,19-13(2)18)11-12-17-14(3,4)9-8-10-16(17,6)20-17/h7,11-12H,1,8-10H2,2-6H3/b12-11-/t15-,16+,17-/m0/s1. The van der Waals surface area contributed by atoms with Crippen molar-refractivity contribution in [2.45, 2.75) is 70.7 Å². The van der Waals surface area contributed by atoms with Crippen LogP contribution in [-0.2, 0) is 14.3 Å². The molecule has 0 aromatic carbocycles. The zero-order valence-electron chi connectivity index (χ0n) is 13.3. The number of epoxide rings is 1. The summed E-state index contributed by atoms with van der Waals surface area (Å²) in [4.78, 5) is 11.2. The molecule has 112 valence electrons. The molecule has 1 aliphatic heterocycles. The molecular weight excluding hydrogens is 252 g/mol. The zero-order valence-corrected chi connectivity index (χ0v) is 13.3. The van der Waals surface area contributed by atoms with Gasteiger partial charge < -0.3 is 9.47 Å². The Balaban J connectivity index is 2.26. The minimum atomic E-state index is -0.777. The largest absolute Gasteiger partial charge is 0.451 e. The Morgan fingerprint density at radius 2 is 2.00 bits per heavy atom. The Hall–Kier alpha value is -1.09. The molecule has 1 aliphatic carbocycles. The summed E-state index contributed by atoms with van der Waals surface area (Å²) in [5.74, 6) is -0.308. The van der Waals surface area contributed by atoms with E-state index in [1.807, 2.05) is 13.0 Å². The van der Waals surface area contributed by atoms with E-state index in [0.29, 0.717) is 0 Å². The number of esters is 1. The minimum absolute atomic E-state index is 0.0798. The molecule has 20 heavy (non-hydrogen) atoms. The number of carbonyl (C=O) groups is 1. The predicted octanol–water partition coefficient (Wildman–Crippen LogP) is 3.79. The molecular formula is C17H26O3. The Kier molecular flexibility index (Phi) is 3.41. The van der Waals surface area contributed by atoms with Crippen molar-refractivity contribution in [2.75, 3.05) is 0 Å². The first-order valence-electron chi connectivity index (χ1n) is 7.34. The van der Waals surface area contributed by atoms with Crippen LogP contribution < -0.4 is 0 Å². The van der Waals surface area contributed by atoms with Crippen LogP contribution >= 0.6 is 0 Å². The lowest BCUT2D eigenvalue weighted by Crippen LogP contribution is -2.41. The highest BCUT2D eigenvalue weighted by molar-refractivity contribution is 5.67. The first-order valence-corrected chi connectivity index (χ1v) is 7.34. The van der Waals surface area contributed by atoms with Crippen molar-refractivity contribution in [2.24, 2.45) is 5.41 Å². The quantitative estimate of drug-likeness (QED) is 0.446. The van der Waals surface area contributed by atoms with Gasteiger partial charge in [0, 0.05) is 12.3 Å². The summed E-state index contributed by atoms with van der Waals surface area (Å²) in [5, 5.41) is 0. The van der Waals surface area contributed by atoms with Gasteiger partial charge in [0.25, 0.3) is 0 Å². The van der Waals surface area contributed by atoms with Gasteiger partial charge in [0.15, 0.2) is 0 Å². The third kappa shape index (κ3) is 2.22. The van der Waals surface area contributed by atoms with Gasteiger partial charge >= 0.3 is 5.97 Å². The van der Waals surface area contributed by atoms with Gasteiger partial charge in [-0.2, -0.15) is 0 Å². The van der Waals surface area contributed by atoms with Gasteiger partial charge in [-0.3, -0.25) is 4.79 Å². The molecule has 1 saturated heterocycles. The lowest BCUT2D eigenvalue weighted by molar-refractivity contribution is -0.147. The lowest BCUT2D eigenvalue weighted by atomic mass is 9.64. The van der Waals surface area contributed by atoms with Crippen molar-refractivity contribution < 1.29 is 14.3 Å². The molecule has 2 rings (SSSR count). The second kappa shape index (κ2) is 4.45. The van der Waals surface area contributed by atoms with E-state index < -0.39 is 5.60 Å². The van der Waals surface area contributed by atoms with Crippen molar-refractivity contribution in [3.05, 3.63) is 24.8 Å². The third-order valence-electron chi connectivity index (χ3n) is 5.01. The Bertz CT molecular complexity index is 465. The van der Waals surface area contributed by atoms with Crippen LogP contribution in [0.25, 0.3) is 0 Å². The molecule has 0 amide bonds. The highest BCUT2D eigenvalue weighted by Gasteiger charge is 2.73. The topological polar surface area (TPSA) is 38.8 Å². The summed E-state index contributed by atoms with van der Waals surface area (Å²) < 4.78 is 11.5. The van der Waals surface area contributed by atoms with Crippen molar-refractivity contribution >= 4 is 5.97 Å². The summed E-state index contributed by atoms with van der Waals surface area (Å²) in [5.41, 5.74) is -1.01. The van der Waals surface area contributed by atoms with E-state index in [9.17, 15) is 4.79 Å². The first kappa shape index (κ1) is 15.3. The van der Waals surface area contributed by atoms with Gasteiger partial charge in [0.2, 0.25) is 0 Å². The van der Waals surface area contributed by atoms with Gasteiger partial charge in [0.1, 0.15) is 11.2 Å². The van der Waals surface area contributed by atoms with Crippen molar-refractivity contribution in [3.63, 3.8) is 0 Å². The minimum Gasteiger partial charge on any atom is -0.451 e. The molecule has 0 N–H and O–H groups in total. The Morgan fingerprint density at radius 1 is 1.35 bits per heavy atom. The Morgan fingerprint density at radius 3 is 2.50 bits per heavy atom. The average Bonchev–Trinajstić information content (AvgIpc) is 2.94. The van der Waals surface area contributed by atoms with Crippen molar-refractivity contribution in [1.29, 1.82) is 0 Å². The van der Waals surface area contributed by atoms with E-state index in [2.05, 4.69) is 33.4 Å². The molecule has 2 aliphatic rings. The summed E-state index contributed by atoms with van der Waals surface area (Å²) in [6.45, 7) is 13.7. The van der Waals surface area contributed by atoms with Crippen LogP contribution in [0.4, 0.5) is 0 Å². The van der Waals surface area contributed by atoms with E-state index in [-0.39, 0.29) is 22.6 Å². The van der Waals surface area contributed by atoms with Gasteiger partial charge in [0.05, 0.1) is 5.60 Å². The number of hydrogen-bond donors (Lipinski definition) is 0. The monoisotopic (exact) mass is 278 g/mol. The molecule has 3 nitrogen and oxygen atoms in total. The number of ether oxygens (including phenoxy) is 2. The third-order valence-corrected chi connectivity index (χ3v) is 5.01. The number of fused-ring (bicyclic) bond motifs is 1. The smallest absolute Gasteiger partial charge is 0.303 e. The fourth-order valence-electron chi connectivity index (χ4n) is 3.65. The molecule has 0 unspecified atom stereocenters. The molecule has 1 heterocycles. The number of hydrogen-bond acceptors (Lipinski definition) is 3. The van der Waals surface area contributed by atoms with Crippen molar-refractivity contribution in [1.82, 2.24) is 0 Å². The second-order valence-corrected chi connectivity index (χ2v) is 7.12. The highest BCUT2D eigenvalue weighted by atomic mass is 16.6. The van der Waals surface area contributed by atoms with Crippen LogP contribution in [0.5, 0.6) is 0 Å². The Labute approximate surface area is 122 Å². The molecule has 2 fully saturated rings. The number of carbonyl (C=O) groups excluding carboxylic acids is 1. The summed E-state index contributed by atoms with van der Waals surface area (Å²) in [6, 6.07) is 0.